The number of carbonyl (C=O) groups is 2. The molecule has 2 aliphatic heterocycles. The summed E-state index contributed by atoms with van der Waals surface area (Å²) in [5, 5.41) is 18.5. The third kappa shape index (κ3) is 8.25. The number of piperidine rings is 1. The lowest BCUT2D eigenvalue weighted by Crippen LogP contribution is -2.61. The van der Waals surface area contributed by atoms with E-state index in [0.29, 0.717) is 30.7 Å². The smallest absolute Gasteiger partial charge is 0.319 e. The highest BCUT2D eigenvalue weighted by Crippen LogP contribution is 2.44. The maximum absolute atomic E-state index is 13.7. The first kappa shape index (κ1) is 33.4. The second kappa shape index (κ2) is 14.6. The number of anilines is 1. The number of benzene rings is 2. The van der Waals surface area contributed by atoms with Crippen LogP contribution >= 0.6 is 0 Å². The number of hydrogen-bond acceptors (Lipinski definition) is 6. The standard InChI is InChI=1S/C36H52N4O5/c1-6-37-35(43)38-28-18-15-27(16-19-28)34-44-31(23(2)32(45-34)26-13-11-24(22-41)12-14-26)21-40-29-10-8-7-9-25(29)17-20-30(40)33(42)39-36(3,4)5/h11-16,18-19,23,25,29-32,34,41H,6-10,17,20-22H2,1-5H3,(H,39,42)(H2,37,38,43)/t23-,25+,29+,30+,31+,32+,34+/m0/s1. The molecule has 4 N–H and O–H groups in total. The quantitative estimate of drug-likeness (QED) is 0.286. The van der Waals surface area contributed by atoms with Crippen LogP contribution in [0.2, 0.25) is 0 Å². The molecule has 0 bridgehead atoms. The molecule has 3 aliphatic rings. The van der Waals surface area contributed by atoms with Crippen LogP contribution in [0.15, 0.2) is 48.5 Å². The molecule has 3 amide bonds. The second-order valence-corrected chi connectivity index (χ2v) is 14.1. The number of nitrogens with one attached hydrogen (secondary N) is 3. The van der Waals surface area contributed by atoms with Crippen LogP contribution in [-0.2, 0) is 20.9 Å². The minimum absolute atomic E-state index is 0.00944. The molecular formula is C36H52N4O5. The molecule has 3 fully saturated rings. The molecule has 7 atom stereocenters. The Labute approximate surface area is 268 Å². The molecule has 2 aromatic rings. The van der Waals surface area contributed by atoms with E-state index in [4.69, 9.17) is 9.47 Å². The molecule has 0 spiro atoms. The van der Waals surface area contributed by atoms with Crippen LogP contribution in [0.3, 0.4) is 0 Å². The largest absolute Gasteiger partial charge is 0.392 e. The Morgan fingerprint density at radius 1 is 0.933 bits per heavy atom. The number of amides is 3. The number of aliphatic hydroxyl groups is 1. The summed E-state index contributed by atoms with van der Waals surface area (Å²) in [5.74, 6) is 0.722. The summed E-state index contributed by atoms with van der Waals surface area (Å²) in [7, 11) is 0. The minimum Gasteiger partial charge on any atom is -0.392 e. The number of fused-ring (bicyclic) bond motifs is 1. The molecule has 45 heavy (non-hydrogen) atoms. The van der Waals surface area contributed by atoms with Gasteiger partial charge in [0, 0.05) is 41.8 Å². The highest BCUT2D eigenvalue weighted by atomic mass is 16.7. The normalized spacial score (nSPS) is 29.0. The lowest BCUT2D eigenvalue weighted by atomic mass is 9.75. The Balaban J connectivity index is 1.43. The lowest BCUT2D eigenvalue weighted by molar-refractivity contribution is -0.278. The predicted molar refractivity (Wildman–Crippen MR) is 175 cm³/mol. The summed E-state index contributed by atoms with van der Waals surface area (Å²) in [6.07, 6.45) is 5.67. The molecular weight excluding hydrogens is 568 g/mol. The molecule has 0 aromatic heterocycles. The first-order chi connectivity index (χ1) is 21.6. The van der Waals surface area contributed by atoms with E-state index in [1.54, 1.807) is 0 Å². The molecule has 2 heterocycles. The molecule has 0 radical (unpaired) electrons. The fourth-order valence-corrected chi connectivity index (χ4v) is 7.32. The van der Waals surface area contributed by atoms with Crippen LogP contribution in [0.5, 0.6) is 0 Å². The van der Waals surface area contributed by atoms with E-state index < -0.39 is 6.29 Å². The first-order valence-electron chi connectivity index (χ1n) is 16.8. The van der Waals surface area contributed by atoms with Crippen molar-refractivity contribution in [3.63, 3.8) is 0 Å². The molecule has 9 heteroatoms. The second-order valence-electron chi connectivity index (χ2n) is 14.1. The Morgan fingerprint density at radius 3 is 2.29 bits per heavy atom. The highest BCUT2D eigenvalue weighted by molar-refractivity contribution is 5.89. The summed E-state index contributed by atoms with van der Waals surface area (Å²) in [6, 6.07) is 15.5. The third-order valence-electron chi connectivity index (χ3n) is 9.60. The van der Waals surface area contributed by atoms with E-state index in [-0.39, 0.29) is 48.3 Å². The molecule has 1 saturated carbocycles. The molecule has 5 rings (SSSR count). The predicted octanol–water partition coefficient (Wildman–Crippen LogP) is 6.05. The van der Waals surface area contributed by atoms with Crippen molar-refractivity contribution in [3.8, 4) is 0 Å². The third-order valence-corrected chi connectivity index (χ3v) is 9.60. The van der Waals surface area contributed by atoms with Crippen molar-refractivity contribution in [3.05, 3.63) is 65.2 Å². The lowest BCUT2D eigenvalue weighted by Gasteiger charge is -2.51. The van der Waals surface area contributed by atoms with Gasteiger partial charge in [-0.1, -0.05) is 56.2 Å². The number of urea groups is 1. The summed E-state index contributed by atoms with van der Waals surface area (Å²) < 4.78 is 13.5. The Morgan fingerprint density at radius 2 is 1.62 bits per heavy atom. The van der Waals surface area contributed by atoms with E-state index in [0.717, 1.165) is 36.0 Å². The van der Waals surface area contributed by atoms with Gasteiger partial charge in [0.15, 0.2) is 6.29 Å². The van der Waals surface area contributed by atoms with Crippen LogP contribution in [0.4, 0.5) is 10.5 Å². The maximum atomic E-state index is 13.7. The molecule has 9 nitrogen and oxygen atoms in total. The maximum Gasteiger partial charge on any atom is 0.319 e. The molecule has 2 aromatic carbocycles. The van der Waals surface area contributed by atoms with Crippen molar-refractivity contribution in [1.82, 2.24) is 15.5 Å². The molecule has 2 saturated heterocycles. The van der Waals surface area contributed by atoms with Crippen LogP contribution in [0.1, 0.15) is 102 Å². The number of likely N-dealkylation sites (tertiary alicyclic amines) is 1. The Kier molecular flexibility index (Phi) is 10.9. The number of carbonyl (C=O) groups excluding carboxylic acids is 2. The average molecular weight is 621 g/mol. The number of hydrogen-bond donors (Lipinski definition) is 4. The van der Waals surface area contributed by atoms with Gasteiger partial charge in [-0.05, 0) is 82.6 Å². The number of nitrogens with zero attached hydrogens (tertiary/aromatic N) is 1. The Hall–Kier alpha value is -2.98. The number of aliphatic hydroxyl groups excluding tert-OH is 1. The zero-order chi connectivity index (χ0) is 32.1. The summed E-state index contributed by atoms with van der Waals surface area (Å²) in [5.41, 5.74) is 3.13. The fourth-order valence-electron chi connectivity index (χ4n) is 7.32. The summed E-state index contributed by atoms with van der Waals surface area (Å²) >= 11 is 0. The SMILES string of the molecule is CCNC(=O)Nc1ccc([C@@H]2O[C@H](CN3[C@@H](C(=O)NC(C)(C)C)CC[C@H]4CCCC[C@H]43)[C@H](C)[C@H](c3ccc(CO)cc3)O2)cc1. The van der Waals surface area contributed by atoms with Crippen molar-refractivity contribution in [1.29, 1.82) is 0 Å². The summed E-state index contributed by atoms with van der Waals surface area (Å²) in [6.45, 7) is 11.4. The van der Waals surface area contributed by atoms with Gasteiger partial charge in [0.1, 0.15) is 0 Å². The zero-order valence-corrected chi connectivity index (χ0v) is 27.6. The van der Waals surface area contributed by atoms with Gasteiger partial charge < -0.3 is 30.5 Å². The van der Waals surface area contributed by atoms with Crippen LogP contribution in [0.25, 0.3) is 0 Å². The molecule has 1 aliphatic carbocycles. The Bertz CT molecular complexity index is 1280. The van der Waals surface area contributed by atoms with Gasteiger partial charge >= 0.3 is 6.03 Å². The van der Waals surface area contributed by atoms with Gasteiger partial charge in [-0.15, -0.1) is 0 Å². The fraction of sp³-hybridized carbons (Fsp3) is 0.611. The van der Waals surface area contributed by atoms with Gasteiger partial charge in [-0.3, -0.25) is 9.69 Å². The highest BCUT2D eigenvalue weighted by Gasteiger charge is 2.46. The minimum atomic E-state index is -0.624. The van der Waals surface area contributed by atoms with Crippen LogP contribution in [-0.4, -0.2) is 58.8 Å². The average Bonchev–Trinajstić information content (AvgIpc) is 3.02. The van der Waals surface area contributed by atoms with E-state index >= 15 is 0 Å². The molecule has 246 valence electrons. The van der Waals surface area contributed by atoms with E-state index in [1.807, 2.05) is 76.2 Å². The first-order valence-corrected chi connectivity index (χ1v) is 16.8. The van der Waals surface area contributed by atoms with Gasteiger partial charge in [0.25, 0.3) is 0 Å². The van der Waals surface area contributed by atoms with Gasteiger partial charge in [-0.2, -0.15) is 0 Å². The van der Waals surface area contributed by atoms with Crippen LogP contribution < -0.4 is 16.0 Å². The van der Waals surface area contributed by atoms with Crippen molar-refractivity contribution >= 4 is 17.6 Å². The monoisotopic (exact) mass is 620 g/mol. The number of rotatable bonds is 8. The van der Waals surface area contributed by atoms with E-state index in [2.05, 4.69) is 27.8 Å². The van der Waals surface area contributed by atoms with Crippen molar-refractivity contribution in [2.75, 3.05) is 18.4 Å². The zero-order valence-electron chi connectivity index (χ0n) is 27.6. The van der Waals surface area contributed by atoms with Crippen LogP contribution in [0, 0.1) is 11.8 Å². The van der Waals surface area contributed by atoms with Gasteiger partial charge in [0.2, 0.25) is 5.91 Å². The van der Waals surface area contributed by atoms with Gasteiger partial charge in [0.05, 0.1) is 24.9 Å². The van der Waals surface area contributed by atoms with Crippen molar-refractivity contribution in [2.45, 2.75) is 116 Å². The van der Waals surface area contributed by atoms with Crippen molar-refractivity contribution in [2.24, 2.45) is 11.8 Å². The summed E-state index contributed by atoms with van der Waals surface area (Å²) in [4.78, 5) is 28.2. The van der Waals surface area contributed by atoms with Crippen molar-refractivity contribution < 1.29 is 24.2 Å². The number of ether oxygens (including phenoxy) is 2. The van der Waals surface area contributed by atoms with E-state index in [9.17, 15) is 14.7 Å². The molecule has 0 unspecified atom stereocenters. The van der Waals surface area contributed by atoms with E-state index in [1.165, 1.54) is 19.3 Å². The van der Waals surface area contributed by atoms with Gasteiger partial charge in [-0.25, -0.2) is 4.79 Å². The topological polar surface area (TPSA) is 112 Å².